The molecular weight excluding hydrogens is 446 g/mol. The summed E-state index contributed by atoms with van der Waals surface area (Å²) in [6.45, 7) is 6.33. The number of amides is 2. The van der Waals surface area contributed by atoms with E-state index in [1.54, 1.807) is 55.1 Å². The average molecular weight is 476 g/mol. The van der Waals surface area contributed by atoms with Crippen LogP contribution in [-0.4, -0.2) is 75.4 Å². The highest BCUT2D eigenvalue weighted by molar-refractivity contribution is 7.89. The summed E-state index contributed by atoms with van der Waals surface area (Å²) in [4.78, 5) is 26.6. The van der Waals surface area contributed by atoms with Gasteiger partial charge < -0.3 is 19.7 Å². The van der Waals surface area contributed by atoms with Gasteiger partial charge in [-0.05, 0) is 48.5 Å². The number of morpholine rings is 1. The van der Waals surface area contributed by atoms with Gasteiger partial charge in [-0.2, -0.15) is 4.31 Å². The third-order valence-electron chi connectivity index (χ3n) is 5.25. The fourth-order valence-corrected chi connectivity index (χ4v) is 4.87. The molecule has 0 aromatic heterocycles. The van der Waals surface area contributed by atoms with Crippen LogP contribution in [0.4, 0.5) is 5.69 Å². The number of carbonyl (C=O) groups excluding carboxylic acids is 2. The highest BCUT2D eigenvalue weighted by Crippen LogP contribution is 2.19. The molecule has 0 spiro atoms. The Morgan fingerprint density at radius 3 is 2.18 bits per heavy atom. The van der Waals surface area contributed by atoms with Crippen LogP contribution in [0.2, 0.25) is 0 Å². The predicted octanol–water partition coefficient (Wildman–Crippen LogP) is 2.21. The van der Waals surface area contributed by atoms with Crippen LogP contribution in [0.3, 0.4) is 0 Å². The number of nitrogens with zero attached hydrogens (tertiary/aromatic N) is 2. The minimum atomic E-state index is -3.55. The van der Waals surface area contributed by atoms with E-state index in [0.717, 1.165) is 0 Å². The summed E-state index contributed by atoms with van der Waals surface area (Å²) in [6, 6.07) is 12.6. The van der Waals surface area contributed by atoms with E-state index in [1.807, 2.05) is 0 Å². The van der Waals surface area contributed by atoms with Crippen molar-refractivity contribution in [3.05, 3.63) is 54.1 Å². The van der Waals surface area contributed by atoms with Crippen molar-refractivity contribution in [3.8, 4) is 5.75 Å². The first-order valence-electron chi connectivity index (χ1n) is 10.8. The summed E-state index contributed by atoms with van der Waals surface area (Å²) in [5.74, 6) is 0.0150. The van der Waals surface area contributed by atoms with Crippen LogP contribution in [0.25, 0.3) is 0 Å². The normalized spacial score (nSPS) is 14.2. The smallest absolute Gasteiger partial charge is 0.262 e. The number of anilines is 1. The van der Waals surface area contributed by atoms with Crippen molar-refractivity contribution < 1.29 is 27.5 Å². The summed E-state index contributed by atoms with van der Waals surface area (Å²) in [7, 11) is -3.55. The van der Waals surface area contributed by atoms with E-state index in [4.69, 9.17) is 9.47 Å². The molecule has 1 aliphatic rings. The Hall–Kier alpha value is -2.95. The Morgan fingerprint density at radius 2 is 1.61 bits per heavy atom. The second kappa shape index (κ2) is 11.3. The van der Waals surface area contributed by atoms with Crippen LogP contribution < -0.4 is 10.1 Å². The highest BCUT2D eigenvalue weighted by Gasteiger charge is 2.21. The Bertz CT molecular complexity index is 1040. The number of rotatable bonds is 9. The molecular formula is C23H29N3O6S. The van der Waals surface area contributed by atoms with Gasteiger partial charge >= 0.3 is 0 Å². The summed E-state index contributed by atoms with van der Waals surface area (Å²) in [5, 5.41) is 2.68. The van der Waals surface area contributed by atoms with Crippen LogP contribution in [0.15, 0.2) is 53.4 Å². The van der Waals surface area contributed by atoms with Gasteiger partial charge in [0, 0.05) is 37.4 Å². The molecule has 1 aliphatic heterocycles. The van der Waals surface area contributed by atoms with Gasteiger partial charge in [-0.1, -0.05) is 13.8 Å². The van der Waals surface area contributed by atoms with Crippen LogP contribution >= 0.6 is 0 Å². The number of hydrogen-bond donors (Lipinski definition) is 1. The monoisotopic (exact) mass is 475 g/mol. The Balaban J connectivity index is 1.51. The van der Waals surface area contributed by atoms with Gasteiger partial charge in [-0.3, -0.25) is 9.59 Å². The molecule has 1 fully saturated rings. The van der Waals surface area contributed by atoms with Crippen molar-refractivity contribution >= 4 is 27.5 Å². The lowest BCUT2D eigenvalue weighted by molar-refractivity contribution is -0.118. The first-order chi connectivity index (χ1) is 15.8. The predicted molar refractivity (Wildman–Crippen MR) is 124 cm³/mol. The molecule has 0 bridgehead atoms. The number of nitrogens with one attached hydrogen (secondary N) is 1. The molecule has 1 heterocycles. The fraction of sp³-hybridized carbons (Fsp3) is 0.391. The topological polar surface area (TPSA) is 105 Å². The molecule has 1 saturated heterocycles. The molecule has 33 heavy (non-hydrogen) atoms. The number of carbonyl (C=O) groups is 2. The van der Waals surface area contributed by atoms with E-state index in [1.165, 1.54) is 16.4 Å². The quantitative estimate of drug-likeness (QED) is 0.596. The molecule has 9 nitrogen and oxygen atoms in total. The van der Waals surface area contributed by atoms with Crippen molar-refractivity contribution in [2.24, 2.45) is 0 Å². The largest absolute Gasteiger partial charge is 0.484 e. The summed E-state index contributed by atoms with van der Waals surface area (Å²) < 4.78 is 37.2. The molecule has 2 amide bonds. The van der Waals surface area contributed by atoms with Crippen molar-refractivity contribution in [1.82, 2.24) is 9.21 Å². The van der Waals surface area contributed by atoms with Gasteiger partial charge in [0.1, 0.15) is 5.75 Å². The molecule has 10 heteroatoms. The molecule has 0 radical (unpaired) electrons. The van der Waals surface area contributed by atoms with E-state index < -0.39 is 10.0 Å². The third kappa shape index (κ3) is 6.31. The maximum atomic E-state index is 12.5. The van der Waals surface area contributed by atoms with Crippen LogP contribution in [-0.2, 0) is 19.6 Å². The lowest BCUT2D eigenvalue weighted by atomic mass is 10.2. The lowest BCUT2D eigenvalue weighted by Gasteiger charge is -2.26. The maximum absolute atomic E-state index is 12.5. The van der Waals surface area contributed by atoms with Gasteiger partial charge in [-0.25, -0.2) is 8.42 Å². The molecule has 0 saturated carbocycles. The van der Waals surface area contributed by atoms with Gasteiger partial charge in [0.2, 0.25) is 10.0 Å². The number of benzene rings is 2. The highest BCUT2D eigenvalue weighted by atomic mass is 32.2. The minimum absolute atomic E-state index is 0.0611. The Kier molecular flexibility index (Phi) is 8.43. The van der Waals surface area contributed by atoms with E-state index in [0.29, 0.717) is 56.4 Å². The Morgan fingerprint density at radius 1 is 1.00 bits per heavy atom. The van der Waals surface area contributed by atoms with Crippen molar-refractivity contribution in [1.29, 1.82) is 0 Å². The van der Waals surface area contributed by atoms with E-state index in [9.17, 15) is 18.0 Å². The number of sulfonamides is 1. The third-order valence-corrected chi connectivity index (χ3v) is 7.31. The average Bonchev–Trinajstić information content (AvgIpc) is 2.84. The molecule has 178 valence electrons. The van der Waals surface area contributed by atoms with E-state index in [2.05, 4.69) is 5.32 Å². The van der Waals surface area contributed by atoms with Gasteiger partial charge in [0.15, 0.2) is 6.61 Å². The van der Waals surface area contributed by atoms with E-state index in [-0.39, 0.29) is 23.3 Å². The number of hydrogen-bond acceptors (Lipinski definition) is 6. The van der Waals surface area contributed by atoms with Gasteiger partial charge in [0.25, 0.3) is 11.8 Å². The standard InChI is InChI=1S/C23H29N3O6S/c1-3-26(4-2)33(29,30)21-11-7-19(8-12-21)24-22(27)17-32-20-9-5-18(6-10-20)23(28)25-13-15-31-16-14-25/h5-12H,3-4,13-17H2,1-2H3,(H,24,27). The number of ether oxygens (including phenoxy) is 2. The minimum Gasteiger partial charge on any atom is -0.484 e. The zero-order valence-electron chi connectivity index (χ0n) is 18.8. The molecule has 0 aliphatic carbocycles. The van der Waals surface area contributed by atoms with Gasteiger partial charge in [-0.15, -0.1) is 0 Å². The second-order valence-electron chi connectivity index (χ2n) is 7.38. The summed E-state index contributed by atoms with van der Waals surface area (Å²) in [5.41, 5.74) is 1.02. The first-order valence-corrected chi connectivity index (χ1v) is 12.3. The summed E-state index contributed by atoms with van der Waals surface area (Å²) >= 11 is 0. The Labute approximate surface area is 194 Å². The van der Waals surface area contributed by atoms with Crippen molar-refractivity contribution in [2.45, 2.75) is 18.7 Å². The maximum Gasteiger partial charge on any atom is 0.262 e. The molecule has 1 N–H and O–H groups in total. The molecule has 3 rings (SSSR count). The SMILES string of the molecule is CCN(CC)S(=O)(=O)c1ccc(NC(=O)COc2ccc(C(=O)N3CCOCC3)cc2)cc1. The van der Waals surface area contributed by atoms with Crippen molar-refractivity contribution in [2.75, 3.05) is 51.3 Å². The molecule has 0 atom stereocenters. The van der Waals surface area contributed by atoms with Crippen LogP contribution in [0.5, 0.6) is 5.75 Å². The van der Waals surface area contributed by atoms with Crippen LogP contribution in [0.1, 0.15) is 24.2 Å². The lowest BCUT2D eigenvalue weighted by Crippen LogP contribution is -2.40. The fourth-order valence-electron chi connectivity index (χ4n) is 3.41. The molecule has 2 aromatic rings. The second-order valence-corrected chi connectivity index (χ2v) is 9.32. The zero-order valence-corrected chi connectivity index (χ0v) is 19.6. The van der Waals surface area contributed by atoms with Gasteiger partial charge in [0.05, 0.1) is 18.1 Å². The van der Waals surface area contributed by atoms with E-state index >= 15 is 0 Å². The molecule has 0 unspecified atom stereocenters. The zero-order chi connectivity index (χ0) is 23.8. The van der Waals surface area contributed by atoms with Crippen LogP contribution in [0, 0.1) is 0 Å². The molecule has 2 aromatic carbocycles. The summed E-state index contributed by atoms with van der Waals surface area (Å²) in [6.07, 6.45) is 0. The first kappa shape index (κ1) is 24.7. The van der Waals surface area contributed by atoms with Crippen molar-refractivity contribution in [3.63, 3.8) is 0 Å².